The number of anilines is 1. The van der Waals surface area contributed by atoms with Crippen molar-refractivity contribution in [1.29, 1.82) is 0 Å². The van der Waals surface area contributed by atoms with Gasteiger partial charge in [0.15, 0.2) is 5.82 Å². The number of aryl methyl sites for hydroxylation is 1. The molecule has 150 valence electrons. The third kappa shape index (κ3) is 3.48. The first-order chi connectivity index (χ1) is 14.1. The molecule has 1 N–H and O–H groups in total. The van der Waals surface area contributed by atoms with Crippen molar-refractivity contribution >= 4 is 5.82 Å². The topological polar surface area (TPSA) is 67.1 Å². The van der Waals surface area contributed by atoms with Gasteiger partial charge in [-0.1, -0.05) is 12.8 Å². The molecule has 1 unspecified atom stereocenters. The Hall–Kier alpha value is -2.89. The Labute approximate surface area is 171 Å². The number of phenolic OH excluding ortho intramolecular Hbond substituents is 1. The number of imidazole rings is 1. The molecule has 2 saturated carbocycles. The largest absolute Gasteiger partial charge is 0.507 e. The molecule has 2 aliphatic carbocycles. The number of rotatable bonds is 4. The van der Waals surface area contributed by atoms with E-state index < -0.39 is 0 Å². The number of aromatic nitrogens is 4. The van der Waals surface area contributed by atoms with Gasteiger partial charge in [-0.3, -0.25) is 0 Å². The van der Waals surface area contributed by atoms with Crippen LogP contribution in [0.3, 0.4) is 0 Å². The van der Waals surface area contributed by atoms with Gasteiger partial charge in [-0.05, 0) is 62.3 Å². The van der Waals surface area contributed by atoms with Crippen molar-refractivity contribution in [2.24, 2.45) is 11.8 Å². The van der Waals surface area contributed by atoms with Gasteiger partial charge >= 0.3 is 0 Å². The molecule has 3 aromatic rings. The molecule has 0 amide bonds. The molecule has 0 spiro atoms. The summed E-state index contributed by atoms with van der Waals surface area (Å²) >= 11 is 0. The molecule has 5 rings (SSSR count). The third-order valence-electron chi connectivity index (χ3n) is 6.69. The van der Waals surface area contributed by atoms with Crippen LogP contribution < -0.4 is 4.90 Å². The molecule has 29 heavy (non-hydrogen) atoms. The Morgan fingerprint density at radius 1 is 1.03 bits per heavy atom. The average molecular weight is 390 g/mol. The van der Waals surface area contributed by atoms with Crippen LogP contribution in [0.1, 0.15) is 37.8 Å². The molecular weight excluding hydrogens is 362 g/mol. The Balaban J connectivity index is 1.34. The second-order valence-electron chi connectivity index (χ2n) is 8.68. The Kier molecular flexibility index (Phi) is 4.49. The number of benzene rings is 1. The Bertz CT molecular complexity index is 1000. The van der Waals surface area contributed by atoms with Crippen molar-refractivity contribution in [3.05, 3.63) is 48.5 Å². The van der Waals surface area contributed by atoms with Crippen molar-refractivity contribution in [2.45, 2.75) is 45.1 Å². The van der Waals surface area contributed by atoms with Crippen LogP contribution in [0.15, 0.2) is 42.9 Å². The van der Waals surface area contributed by atoms with Gasteiger partial charge in [-0.25, -0.2) is 4.98 Å². The first kappa shape index (κ1) is 18.2. The fourth-order valence-electron chi connectivity index (χ4n) is 5.09. The van der Waals surface area contributed by atoms with E-state index in [9.17, 15) is 5.11 Å². The molecule has 6 heteroatoms. The lowest BCUT2D eigenvalue weighted by Gasteiger charge is -2.35. The van der Waals surface area contributed by atoms with Crippen molar-refractivity contribution in [3.63, 3.8) is 0 Å². The first-order valence-electron chi connectivity index (χ1n) is 10.5. The number of nitrogens with zero attached hydrogens (tertiary/aromatic N) is 5. The number of fused-ring (bicyclic) bond motifs is 2. The molecule has 6 nitrogen and oxygen atoms in total. The normalized spacial score (nSPS) is 23.3. The molecule has 2 heterocycles. The van der Waals surface area contributed by atoms with Crippen LogP contribution in [0.2, 0.25) is 0 Å². The van der Waals surface area contributed by atoms with Gasteiger partial charge in [0, 0.05) is 30.9 Å². The SMILES string of the molecule is Cc1cn(-c2ccc(-c3ccc(N(C)C4C[C@H]5CC[C@@H](C4)C5)nn3)c(O)c2)cn1. The van der Waals surface area contributed by atoms with Crippen molar-refractivity contribution in [1.82, 2.24) is 19.7 Å². The summed E-state index contributed by atoms with van der Waals surface area (Å²) in [6.45, 7) is 1.94. The summed E-state index contributed by atoms with van der Waals surface area (Å²) in [5, 5.41) is 19.4. The monoisotopic (exact) mass is 389 g/mol. The fraction of sp³-hybridized carbons (Fsp3) is 0.435. The molecule has 0 radical (unpaired) electrons. The van der Waals surface area contributed by atoms with Crippen LogP contribution in [0.4, 0.5) is 5.82 Å². The van der Waals surface area contributed by atoms with Gasteiger partial charge in [0.25, 0.3) is 0 Å². The summed E-state index contributed by atoms with van der Waals surface area (Å²) < 4.78 is 1.89. The van der Waals surface area contributed by atoms with E-state index in [4.69, 9.17) is 0 Å². The summed E-state index contributed by atoms with van der Waals surface area (Å²) in [4.78, 5) is 6.53. The predicted octanol–water partition coefficient (Wildman–Crippen LogP) is 4.36. The molecule has 0 saturated heterocycles. The van der Waals surface area contributed by atoms with Crippen LogP contribution in [0.25, 0.3) is 16.9 Å². The molecule has 0 aliphatic heterocycles. The van der Waals surface area contributed by atoms with Crippen LogP contribution in [0.5, 0.6) is 5.75 Å². The van der Waals surface area contributed by atoms with Gasteiger partial charge in [0.1, 0.15) is 5.75 Å². The van der Waals surface area contributed by atoms with Crippen LogP contribution >= 0.6 is 0 Å². The maximum atomic E-state index is 10.5. The van der Waals surface area contributed by atoms with Crippen LogP contribution in [0, 0.1) is 18.8 Å². The molecule has 2 aliphatic rings. The Morgan fingerprint density at radius 3 is 2.45 bits per heavy atom. The lowest BCUT2D eigenvalue weighted by atomic mass is 9.85. The maximum absolute atomic E-state index is 10.5. The molecule has 2 aromatic heterocycles. The second kappa shape index (κ2) is 7.17. The first-order valence-corrected chi connectivity index (χ1v) is 10.5. The van der Waals surface area contributed by atoms with Crippen LogP contribution in [-0.4, -0.2) is 37.9 Å². The standard InChI is InChI=1S/C23H27N5O/c1-15-13-28(14-24-15)18-5-6-20(22(29)12-18)21-7-8-23(26-25-21)27(2)19-10-16-3-4-17(9-16)11-19/h5-8,12-14,16-17,19,29H,3-4,9-11H2,1-2H3/t16-,17+,19?. The number of phenols is 1. The summed E-state index contributed by atoms with van der Waals surface area (Å²) in [6.07, 6.45) is 10.4. The van der Waals surface area contributed by atoms with Crippen molar-refractivity contribution in [2.75, 3.05) is 11.9 Å². The highest BCUT2D eigenvalue weighted by molar-refractivity contribution is 5.69. The molecular formula is C23H27N5O. The number of hydrogen-bond donors (Lipinski definition) is 1. The minimum Gasteiger partial charge on any atom is -0.507 e. The zero-order valence-electron chi connectivity index (χ0n) is 17.0. The highest BCUT2D eigenvalue weighted by Gasteiger charge is 2.36. The highest BCUT2D eigenvalue weighted by Crippen LogP contribution is 2.43. The number of aromatic hydroxyl groups is 1. The van der Waals surface area contributed by atoms with E-state index in [0.29, 0.717) is 17.3 Å². The van der Waals surface area contributed by atoms with E-state index >= 15 is 0 Å². The van der Waals surface area contributed by atoms with E-state index in [2.05, 4.69) is 27.1 Å². The van der Waals surface area contributed by atoms with E-state index in [0.717, 1.165) is 29.0 Å². The van der Waals surface area contributed by atoms with E-state index in [1.807, 2.05) is 42.0 Å². The minimum absolute atomic E-state index is 0.188. The zero-order valence-corrected chi connectivity index (χ0v) is 17.0. The van der Waals surface area contributed by atoms with Crippen molar-refractivity contribution in [3.8, 4) is 22.7 Å². The van der Waals surface area contributed by atoms with E-state index in [1.165, 1.54) is 32.1 Å². The summed E-state index contributed by atoms with van der Waals surface area (Å²) in [6, 6.07) is 10.1. The van der Waals surface area contributed by atoms with E-state index in [1.54, 1.807) is 12.4 Å². The molecule has 2 fully saturated rings. The van der Waals surface area contributed by atoms with Gasteiger partial charge < -0.3 is 14.6 Å². The maximum Gasteiger partial charge on any atom is 0.151 e. The third-order valence-corrected chi connectivity index (χ3v) is 6.69. The fourth-order valence-corrected chi connectivity index (χ4v) is 5.09. The van der Waals surface area contributed by atoms with Gasteiger partial charge in [0.2, 0.25) is 0 Å². The Morgan fingerprint density at radius 2 is 1.83 bits per heavy atom. The smallest absolute Gasteiger partial charge is 0.151 e. The average Bonchev–Trinajstić information content (AvgIpc) is 3.32. The molecule has 3 atom stereocenters. The summed E-state index contributed by atoms with van der Waals surface area (Å²) in [7, 11) is 2.14. The highest BCUT2D eigenvalue weighted by atomic mass is 16.3. The summed E-state index contributed by atoms with van der Waals surface area (Å²) in [5.41, 5.74) is 3.16. The summed E-state index contributed by atoms with van der Waals surface area (Å²) in [5.74, 6) is 2.88. The van der Waals surface area contributed by atoms with Gasteiger partial charge in [-0.2, -0.15) is 0 Å². The predicted molar refractivity (Wildman–Crippen MR) is 113 cm³/mol. The second-order valence-corrected chi connectivity index (χ2v) is 8.68. The zero-order chi connectivity index (χ0) is 20.0. The molecule has 1 aromatic carbocycles. The van der Waals surface area contributed by atoms with Crippen molar-refractivity contribution < 1.29 is 5.11 Å². The van der Waals surface area contributed by atoms with Crippen LogP contribution in [-0.2, 0) is 0 Å². The van der Waals surface area contributed by atoms with Gasteiger partial charge in [-0.15, -0.1) is 10.2 Å². The lowest BCUT2D eigenvalue weighted by Crippen LogP contribution is -2.37. The molecule has 2 bridgehead atoms. The quantitative estimate of drug-likeness (QED) is 0.718. The van der Waals surface area contributed by atoms with E-state index in [-0.39, 0.29) is 5.75 Å². The minimum atomic E-state index is 0.188. The number of hydrogen-bond acceptors (Lipinski definition) is 5. The lowest BCUT2D eigenvalue weighted by molar-refractivity contribution is 0.312. The van der Waals surface area contributed by atoms with Gasteiger partial charge in [0.05, 0.1) is 23.4 Å².